The van der Waals surface area contributed by atoms with E-state index in [4.69, 9.17) is 5.73 Å². The summed E-state index contributed by atoms with van der Waals surface area (Å²) >= 11 is 3.24. The molecule has 0 fully saturated rings. The van der Waals surface area contributed by atoms with Crippen LogP contribution in [-0.4, -0.2) is 10.2 Å². The van der Waals surface area contributed by atoms with E-state index in [1.807, 2.05) is 11.4 Å². The van der Waals surface area contributed by atoms with Gasteiger partial charge < -0.3 is 11.1 Å². The fourth-order valence-corrected chi connectivity index (χ4v) is 2.53. The van der Waals surface area contributed by atoms with Crippen LogP contribution in [0, 0.1) is 0 Å². The standard InChI is InChI=1S/C9H12N4S2/c1-2-8-12-13-9(15-8)11-5-7-6(10)3-4-14-7/h3-4H,2,5,10H2,1H3,(H,11,13). The normalized spacial score (nSPS) is 10.5. The number of aromatic nitrogens is 2. The van der Waals surface area contributed by atoms with E-state index in [0.717, 1.165) is 33.7 Å². The minimum Gasteiger partial charge on any atom is -0.398 e. The smallest absolute Gasteiger partial charge is 0.205 e. The number of anilines is 2. The number of aryl methyl sites for hydroxylation is 1. The summed E-state index contributed by atoms with van der Waals surface area (Å²) in [5, 5.41) is 15.2. The molecule has 2 aromatic heterocycles. The van der Waals surface area contributed by atoms with E-state index in [1.165, 1.54) is 0 Å². The Kier molecular flexibility index (Phi) is 3.17. The van der Waals surface area contributed by atoms with Gasteiger partial charge in [0.15, 0.2) is 0 Å². The lowest BCUT2D eigenvalue weighted by atomic mass is 10.4. The first-order chi connectivity index (χ1) is 7.29. The first-order valence-electron chi connectivity index (χ1n) is 4.67. The third-order valence-electron chi connectivity index (χ3n) is 1.95. The highest BCUT2D eigenvalue weighted by atomic mass is 32.1. The monoisotopic (exact) mass is 240 g/mol. The van der Waals surface area contributed by atoms with Crippen molar-refractivity contribution >= 4 is 33.5 Å². The second kappa shape index (κ2) is 4.59. The maximum atomic E-state index is 5.77. The second-order valence-corrected chi connectivity index (χ2v) is 5.07. The molecule has 0 saturated carbocycles. The first kappa shape index (κ1) is 10.4. The third-order valence-corrected chi connectivity index (χ3v) is 3.91. The van der Waals surface area contributed by atoms with Gasteiger partial charge in [-0.25, -0.2) is 0 Å². The van der Waals surface area contributed by atoms with Crippen molar-refractivity contribution in [2.24, 2.45) is 0 Å². The number of rotatable bonds is 4. The minimum absolute atomic E-state index is 0.724. The van der Waals surface area contributed by atoms with E-state index in [0.29, 0.717) is 0 Å². The predicted octanol–water partition coefficient (Wildman–Crippen LogP) is 2.36. The van der Waals surface area contributed by atoms with Crippen molar-refractivity contribution in [1.29, 1.82) is 0 Å². The highest BCUT2D eigenvalue weighted by Gasteiger charge is 2.04. The van der Waals surface area contributed by atoms with Crippen molar-refractivity contribution < 1.29 is 0 Å². The number of nitrogen functional groups attached to an aromatic ring is 1. The van der Waals surface area contributed by atoms with Crippen molar-refractivity contribution in [2.75, 3.05) is 11.1 Å². The Hall–Kier alpha value is -1.14. The minimum atomic E-state index is 0.724. The lowest BCUT2D eigenvalue weighted by molar-refractivity contribution is 0.977. The second-order valence-electron chi connectivity index (χ2n) is 3.01. The molecule has 2 aromatic rings. The Labute approximate surface area is 96.2 Å². The number of nitrogens with two attached hydrogens (primary N) is 1. The Bertz CT molecular complexity index is 435. The Morgan fingerprint density at radius 2 is 2.33 bits per heavy atom. The van der Waals surface area contributed by atoms with Crippen LogP contribution >= 0.6 is 22.7 Å². The van der Waals surface area contributed by atoms with Crippen LogP contribution in [0.5, 0.6) is 0 Å². The van der Waals surface area contributed by atoms with E-state index in [9.17, 15) is 0 Å². The molecule has 0 amide bonds. The first-order valence-corrected chi connectivity index (χ1v) is 6.37. The third kappa shape index (κ3) is 2.45. The fourth-order valence-electron chi connectivity index (χ4n) is 1.12. The summed E-state index contributed by atoms with van der Waals surface area (Å²) in [4.78, 5) is 1.14. The van der Waals surface area contributed by atoms with E-state index in [1.54, 1.807) is 22.7 Å². The topological polar surface area (TPSA) is 63.8 Å². The van der Waals surface area contributed by atoms with Crippen molar-refractivity contribution in [3.8, 4) is 0 Å². The van der Waals surface area contributed by atoms with Crippen LogP contribution in [0.25, 0.3) is 0 Å². The van der Waals surface area contributed by atoms with Crippen LogP contribution in [0.1, 0.15) is 16.8 Å². The molecule has 80 valence electrons. The van der Waals surface area contributed by atoms with Gasteiger partial charge in [0.2, 0.25) is 5.13 Å². The van der Waals surface area contributed by atoms with E-state index in [2.05, 4.69) is 22.4 Å². The van der Waals surface area contributed by atoms with Crippen molar-refractivity contribution in [3.63, 3.8) is 0 Å². The molecule has 2 rings (SSSR count). The molecular formula is C9H12N4S2. The molecule has 0 unspecified atom stereocenters. The van der Waals surface area contributed by atoms with E-state index >= 15 is 0 Å². The predicted molar refractivity (Wildman–Crippen MR) is 65.3 cm³/mol. The molecule has 0 spiro atoms. The maximum Gasteiger partial charge on any atom is 0.205 e. The van der Waals surface area contributed by atoms with Gasteiger partial charge in [-0.3, -0.25) is 0 Å². The van der Waals surface area contributed by atoms with Crippen LogP contribution in [-0.2, 0) is 13.0 Å². The highest BCUT2D eigenvalue weighted by molar-refractivity contribution is 7.15. The molecule has 2 heterocycles. The molecule has 0 aliphatic heterocycles. The summed E-state index contributed by atoms with van der Waals surface area (Å²) in [6.45, 7) is 2.80. The van der Waals surface area contributed by atoms with Gasteiger partial charge in [-0.15, -0.1) is 21.5 Å². The van der Waals surface area contributed by atoms with Gasteiger partial charge in [0.25, 0.3) is 0 Å². The molecule has 4 nitrogen and oxygen atoms in total. The number of nitrogens with one attached hydrogen (secondary N) is 1. The number of hydrogen-bond acceptors (Lipinski definition) is 6. The average molecular weight is 240 g/mol. The summed E-state index contributed by atoms with van der Waals surface area (Å²) in [6.07, 6.45) is 0.931. The lowest BCUT2D eigenvalue weighted by Gasteiger charge is -1.99. The van der Waals surface area contributed by atoms with Crippen LogP contribution in [0.4, 0.5) is 10.8 Å². The van der Waals surface area contributed by atoms with E-state index < -0.39 is 0 Å². The summed E-state index contributed by atoms with van der Waals surface area (Å²) in [5.74, 6) is 0. The van der Waals surface area contributed by atoms with Crippen molar-refractivity contribution in [1.82, 2.24) is 10.2 Å². The molecule has 3 N–H and O–H groups in total. The van der Waals surface area contributed by atoms with Gasteiger partial charge in [-0.2, -0.15) is 0 Å². The van der Waals surface area contributed by atoms with Gasteiger partial charge in [-0.1, -0.05) is 18.3 Å². The molecule has 0 saturated heterocycles. The van der Waals surface area contributed by atoms with Crippen LogP contribution in [0.15, 0.2) is 11.4 Å². The van der Waals surface area contributed by atoms with Gasteiger partial charge in [0.1, 0.15) is 5.01 Å². The van der Waals surface area contributed by atoms with Gasteiger partial charge in [0, 0.05) is 10.6 Å². The maximum absolute atomic E-state index is 5.77. The largest absolute Gasteiger partial charge is 0.398 e. The van der Waals surface area contributed by atoms with Crippen LogP contribution in [0.2, 0.25) is 0 Å². The number of nitrogens with zero attached hydrogens (tertiary/aromatic N) is 2. The van der Waals surface area contributed by atoms with Crippen LogP contribution < -0.4 is 11.1 Å². The zero-order valence-corrected chi connectivity index (χ0v) is 9.99. The number of thiophene rings is 1. The van der Waals surface area contributed by atoms with Crippen molar-refractivity contribution in [3.05, 3.63) is 21.3 Å². The molecule has 0 aliphatic rings. The molecule has 0 radical (unpaired) electrons. The zero-order chi connectivity index (χ0) is 10.7. The molecule has 0 atom stereocenters. The highest BCUT2D eigenvalue weighted by Crippen LogP contribution is 2.21. The zero-order valence-electron chi connectivity index (χ0n) is 8.36. The Morgan fingerprint density at radius 3 is 2.93 bits per heavy atom. The van der Waals surface area contributed by atoms with Crippen LogP contribution in [0.3, 0.4) is 0 Å². The van der Waals surface area contributed by atoms with Gasteiger partial charge in [0.05, 0.1) is 6.54 Å². The number of hydrogen-bond donors (Lipinski definition) is 2. The molecule has 0 aromatic carbocycles. The molecular weight excluding hydrogens is 228 g/mol. The fraction of sp³-hybridized carbons (Fsp3) is 0.333. The Morgan fingerprint density at radius 1 is 1.47 bits per heavy atom. The summed E-state index contributed by atoms with van der Waals surface area (Å²) in [7, 11) is 0. The summed E-state index contributed by atoms with van der Waals surface area (Å²) < 4.78 is 0. The summed E-state index contributed by atoms with van der Waals surface area (Å²) in [5.41, 5.74) is 6.61. The summed E-state index contributed by atoms with van der Waals surface area (Å²) in [6, 6.07) is 1.92. The quantitative estimate of drug-likeness (QED) is 0.861. The molecule has 0 bridgehead atoms. The van der Waals surface area contributed by atoms with Gasteiger partial charge >= 0.3 is 0 Å². The Balaban J connectivity index is 1.96. The van der Waals surface area contributed by atoms with Crippen molar-refractivity contribution in [2.45, 2.75) is 19.9 Å². The average Bonchev–Trinajstić information content (AvgIpc) is 2.84. The molecule has 0 aliphatic carbocycles. The SMILES string of the molecule is CCc1nnc(NCc2sccc2N)s1. The van der Waals surface area contributed by atoms with E-state index in [-0.39, 0.29) is 0 Å². The lowest BCUT2D eigenvalue weighted by Crippen LogP contribution is -1.99. The molecule has 15 heavy (non-hydrogen) atoms. The molecule has 6 heteroatoms. The van der Waals surface area contributed by atoms with Gasteiger partial charge in [-0.05, 0) is 17.9 Å².